The summed E-state index contributed by atoms with van der Waals surface area (Å²) >= 11 is 0. The quantitative estimate of drug-likeness (QED) is 0.0844. The van der Waals surface area contributed by atoms with Gasteiger partial charge in [0.05, 0.1) is 5.41 Å². The standard InChI is InChI=1S/C48H72N2O6/c1-32(2)35-20-25-48(43(54)50-29-15-10-9-14-28-49-40(52)30-41(53)55-31-34-16-12-11-13-17-34)27-26-46(7)36(42(35)48)18-19-38-45(6)23-22-39(56-33(3)51)44(4,5)37(45)21-24-47(38,46)8/h11-13,16-17,35-39,42H,1,9-10,14-15,18-31H2,2-8H3,(H,49,52)(H,50,54)/t35-,36+,37-,38+,39-,42+,45-,46+,47+,48-/m0/s1. The van der Waals surface area contributed by atoms with Crippen LogP contribution < -0.4 is 10.6 Å². The predicted octanol–water partition coefficient (Wildman–Crippen LogP) is 9.50. The molecule has 0 saturated heterocycles. The smallest absolute Gasteiger partial charge is 0.315 e. The van der Waals surface area contributed by atoms with Gasteiger partial charge in [-0.25, -0.2) is 0 Å². The van der Waals surface area contributed by atoms with Crippen LogP contribution in [-0.2, 0) is 35.3 Å². The van der Waals surface area contributed by atoms with Crippen molar-refractivity contribution in [2.75, 3.05) is 13.1 Å². The summed E-state index contributed by atoms with van der Waals surface area (Å²) in [5, 5.41) is 6.29. The van der Waals surface area contributed by atoms with Crippen molar-refractivity contribution in [1.82, 2.24) is 10.6 Å². The first kappa shape index (κ1) is 42.4. The van der Waals surface area contributed by atoms with Crippen LogP contribution in [0.1, 0.15) is 150 Å². The minimum Gasteiger partial charge on any atom is -0.462 e. The van der Waals surface area contributed by atoms with E-state index in [-0.39, 0.29) is 64.0 Å². The Morgan fingerprint density at radius 3 is 2.12 bits per heavy atom. The Morgan fingerprint density at radius 1 is 0.750 bits per heavy atom. The van der Waals surface area contributed by atoms with Gasteiger partial charge in [-0.2, -0.15) is 0 Å². The molecule has 0 unspecified atom stereocenters. The van der Waals surface area contributed by atoms with E-state index in [0.717, 1.165) is 69.8 Å². The molecule has 6 rings (SSSR count). The van der Waals surface area contributed by atoms with Crippen molar-refractivity contribution in [3.8, 4) is 0 Å². The molecule has 310 valence electrons. The number of esters is 2. The number of rotatable bonds is 14. The van der Waals surface area contributed by atoms with Crippen molar-refractivity contribution in [2.45, 2.75) is 157 Å². The highest BCUT2D eigenvalue weighted by Gasteiger charge is 2.72. The van der Waals surface area contributed by atoms with E-state index in [1.165, 1.54) is 31.3 Å². The normalized spacial score (nSPS) is 36.8. The molecule has 0 radical (unpaired) electrons. The van der Waals surface area contributed by atoms with E-state index in [1.807, 2.05) is 30.3 Å². The van der Waals surface area contributed by atoms with Crippen molar-refractivity contribution in [3.63, 3.8) is 0 Å². The molecule has 0 bridgehead atoms. The van der Waals surface area contributed by atoms with Gasteiger partial charge in [-0.15, -0.1) is 0 Å². The highest BCUT2D eigenvalue weighted by atomic mass is 16.5. The first-order valence-corrected chi connectivity index (χ1v) is 22.1. The molecule has 8 heteroatoms. The van der Waals surface area contributed by atoms with E-state index in [0.29, 0.717) is 42.7 Å². The summed E-state index contributed by atoms with van der Waals surface area (Å²) in [5.74, 6) is 1.64. The lowest BCUT2D eigenvalue weighted by atomic mass is 9.32. The largest absolute Gasteiger partial charge is 0.462 e. The maximum Gasteiger partial charge on any atom is 0.315 e. The zero-order valence-electron chi connectivity index (χ0n) is 35.7. The van der Waals surface area contributed by atoms with Gasteiger partial charge in [0, 0.05) is 25.4 Å². The molecule has 0 aromatic heterocycles. The lowest BCUT2D eigenvalue weighted by molar-refractivity contribution is -0.248. The molecule has 56 heavy (non-hydrogen) atoms. The number of allylic oxidation sites excluding steroid dienone is 1. The number of carbonyl (C=O) groups excluding carboxylic acids is 4. The molecular weight excluding hydrogens is 701 g/mol. The molecule has 5 aliphatic carbocycles. The molecular formula is C48H72N2O6. The van der Waals surface area contributed by atoms with Gasteiger partial charge in [0.1, 0.15) is 19.1 Å². The van der Waals surface area contributed by atoms with Crippen molar-refractivity contribution < 1.29 is 28.7 Å². The van der Waals surface area contributed by atoms with Crippen LogP contribution >= 0.6 is 0 Å². The number of hydrogen-bond acceptors (Lipinski definition) is 6. The molecule has 2 N–H and O–H groups in total. The third-order valence-corrected chi connectivity index (χ3v) is 17.0. The first-order valence-electron chi connectivity index (χ1n) is 22.1. The fraction of sp³-hybridized carbons (Fsp3) is 0.750. The second-order valence-corrected chi connectivity index (χ2v) is 20.1. The third kappa shape index (κ3) is 7.73. The van der Waals surface area contributed by atoms with E-state index in [9.17, 15) is 19.2 Å². The van der Waals surface area contributed by atoms with Crippen LogP contribution in [0.4, 0.5) is 0 Å². The summed E-state index contributed by atoms with van der Waals surface area (Å²) in [6.07, 6.45) is 14.3. The van der Waals surface area contributed by atoms with E-state index in [1.54, 1.807) is 6.92 Å². The summed E-state index contributed by atoms with van der Waals surface area (Å²) in [6.45, 7) is 22.2. The summed E-state index contributed by atoms with van der Waals surface area (Å²) in [7, 11) is 0. The molecule has 0 heterocycles. The molecule has 5 aliphatic rings. The Hall–Kier alpha value is -3.16. The summed E-state index contributed by atoms with van der Waals surface area (Å²) in [5.41, 5.74) is 2.33. The minimum absolute atomic E-state index is 0.0136. The van der Waals surface area contributed by atoms with Crippen LogP contribution in [0.5, 0.6) is 0 Å². The van der Waals surface area contributed by atoms with Gasteiger partial charge in [0.2, 0.25) is 11.8 Å². The van der Waals surface area contributed by atoms with Gasteiger partial charge >= 0.3 is 11.9 Å². The molecule has 0 aliphatic heterocycles. The Kier molecular flexibility index (Phi) is 12.6. The van der Waals surface area contributed by atoms with Gasteiger partial charge in [0.15, 0.2) is 0 Å². The van der Waals surface area contributed by atoms with Crippen LogP contribution in [0, 0.1) is 56.7 Å². The number of amides is 2. The van der Waals surface area contributed by atoms with E-state index < -0.39 is 5.97 Å². The molecule has 0 spiro atoms. The number of ether oxygens (including phenoxy) is 2. The molecule has 10 atom stereocenters. The number of unbranched alkanes of at least 4 members (excludes halogenated alkanes) is 3. The maximum atomic E-state index is 14.5. The SMILES string of the molecule is C=C(C)[C@@H]1CC[C@]2(C(=O)NCCCCCCNC(=O)CC(=O)OCc3ccccc3)CC[C@]3(C)[C@H](CC[C@@H]4[C@@]5(C)CC[C@H](OC(C)=O)C(C)(C)[C@@H]5CC[C@]43C)[C@@H]12. The van der Waals surface area contributed by atoms with Gasteiger partial charge in [-0.1, -0.05) is 89.9 Å². The zero-order chi connectivity index (χ0) is 40.5. The van der Waals surface area contributed by atoms with Gasteiger partial charge in [0.25, 0.3) is 0 Å². The van der Waals surface area contributed by atoms with E-state index in [4.69, 9.17) is 9.47 Å². The predicted molar refractivity (Wildman–Crippen MR) is 220 cm³/mol. The van der Waals surface area contributed by atoms with Crippen LogP contribution in [0.15, 0.2) is 42.5 Å². The van der Waals surface area contributed by atoms with Gasteiger partial charge in [-0.3, -0.25) is 19.2 Å². The average molecular weight is 773 g/mol. The number of benzene rings is 1. The molecule has 5 fully saturated rings. The number of hydrogen-bond donors (Lipinski definition) is 2. The van der Waals surface area contributed by atoms with Gasteiger partial charge in [-0.05, 0) is 135 Å². The Bertz CT molecular complexity index is 1620. The fourth-order valence-corrected chi connectivity index (χ4v) is 14.1. The number of carbonyl (C=O) groups is 4. The monoisotopic (exact) mass is 773 g/mol. The van der Waals surface area contributed by atoms with Crippen LogP contribution in [0.25, 0.3) is 0 Å². The van der Waals surface area contributed by atoms with E-state index >= 15 is 0 Å². The highest BCUT2D eigenvalue weighted by Crippen LogP contribution is 2.77. The van der Waals surface area contributed by atoms with E-state index in [2.05, 4.69) is 58.8 Å². The van der Waals surface area contributed by atoms with Crippen LogP contribution in [0.2, 0.25) is 0 Å². The number of nitrogens with one attached hydrogen (secondary N) is 2. The van der Waals surface area contributed by atoms with Crippen LogP contribution in [-0.4, -0.2) is 42.9 Å². The second kappa shape index (κ2) is 16.6. The Balaban J connectivity index is 1.02. The average Bonchev–Trinajstić information content (AvgIpc) is 3.55. The Labute approximate surface area is 337 Å². The minimum atomic E-state index is -0.521. The first-order chi connectivity index (χ1) is 26.5. The summed E-state index contributed by atoms with van der Waals surface area (Å²) in [6, 6.07) is 9.44. The Morgan fingerprint density at radius 2 is 1.45 bits per heavy atom. The van der Waals surface area contributed by atoms with Gasteiger partial charge < -0.3 is 20.1 Å². The molecule has 8 nitrogen and oxygen atoms in total. The van der Waals surface area contributed by atoms with Crippen molar-refractivity contribution >= 4 is 23.8 Å². The lowest BCUT2D eigenvalue weighted by Gasteiger charge is -2.72. The van der Waals surface area contributed by atoms with Crippen molar-refractivity contribution in [2.24, 2.45) is 56.7 Å². The summed E-state index contributed by atoms with van der Waals surface area (Å²) in [4.78, 5) is 50.9. The highest BCUT2D eigenvalue weighted by molar-refractivity contribution is 5.94. The summed E-state index contributed by atoms with van der Waals surface area (Å²) < 4.78 is 11.2. The molecule has 2 amide bonds. The number of fused-ring (bicyclic) bond motifs is 7. The molecule has 1 aromatic rings. The third-order valence-electron chi connectivity index (χ3n) is 17.0. The zero-order valence-corrected chi connectivity index (χ0v) is 35.7. The van der Waals surface area contributed by atoms with Crippen molar-refractivity contribution in [3.05, 3.63) is 48.0 Å². The van der Waals surface area contributed by atoms with Crippen molar-refractivity contribution in [1.29, 1.82) is 0 Å². The molecule has 1 aromatic carbocycles. The lowest BCUT2D eigenvalue weighted by Crippen LogP contribution is -2.67. The topological polar surface area (TPSA) is 111 Å². The molecule has 5 saturated carbocycles. The van der Waals surface area contributed by atoms with Crippen LogP contribution in [0.3, 0.4) is 0 Å². The fourth-order valence-electron chi connectivity index (χ4n) is 14.1. The maximum absolute atomic E-state index is 14.5. The second-order valence-electron chi connectivity index (χ2n) is 20.1.